The van der Waals surface area contributed by atoms with Crippen molar-refractivity contribution in [1.82, 2.24) is 4.90 Å². The second kappa shape index (κ2) is 8.25. The Balaban J connectivity index is 1.62. The van der Waals surface area contributed by atoms with Crippen molar-refractivity contribution in [3.63, 3.8) is 0 Å². The Kier molecular flexibility index (Phi) is 5.78. The molecular weight excluding hydrogens is 358 g/mol. The van der Waals surface area contributed by atoms with Gasteiger partial charge in [-0.05, 0) is 37.1 Å². The number of rotatable bonds is 7. The molecule has 0 saturated heterocycles. The first-order valence-electron chi connectivity index (χ1n) is 9.23. The monoisotopic (exact) mass is 381 g/mol. The van der Waals surface area contributed by atoms with Crippen LogP contribution in [0.2, 0.25) is 0 Å². The van der Waals surface area contributed by atoms with Crippen LogP contribution in [0.4, 0.5) is 0 Å². The Morgan fingerprint density at radius 3 is 2.04 bits per heavy atom. The SMILES string of the molecule is Cc1ccc(OCCOC(=O)[C@H](C(C)C)N2C(=O)c3ccccc3C2=O)cc1. The molecule has 1 aliphatic heterocycles. The summed E-state index contributed by atoms with van der Waals surface area (Å²) in [5, 5.41) is 0. The molecule has 1 atom stereocenters. The van der Waals surface area contributed by atoms with Crippen molar-refractivity contribution < 1.29 is 23.9 Å². The zero-order chi connectivity index (χ0) is 20.3. The quantitative estimate of drug-likeness (QED) is 0.418. The molecule has 2 aromatic rings. The molecule has 0 saturated carbocycles. The summed E-state index contributed by atoms with van der Waals surface area (Å²) in [7, 11) is 0. The van der Waals surface area contributed by atoms with Crippen LogP contribution in [-0.4, -0.2) is 41.9 Å². The standard InChI is InChI=1S/C22H23NO5/c1-14(2)19(23-20(24)17-6-4-5-7-18(17)21(23)25)22(26)28-13-12-27-16-10-8-15(3)9-11-16/h4-11,14,19H,12-13H2,1-3H3/t19-/m0/s1. The van der Waals surface area contributed by atoms with Crippen molar-refractivity contribution in [1.29, 1.82) is 0 Å². The summed E-state index contributed by atoms with van der Waals surface area (Å²) >= 11 is 0. The largest absolute Gasteiger partial charge is 0.490 e. The van der Waals surface area contributed by atoms with Crippen LogP contribution in [0.5, 0.6) is 5.75 Å². The Morgan fingerprint density at radius 1 is 0.929 bits per heavy atom. The normalized spacial score (nSPS) is 14.2. The third-order valence-corrected chi connectivity index (χ3v) is 4.59. The minimum absolute atomic E-state index is 0.0269. The van der Waals surface area contributed by atoms with E-state index < -0.39 is 23.8 Å². The van der Waals surface area contributed by atoms with E-state index in [0.29, 0.717) is 16.9 Å². The van der Waals surface area contributed by atoms with Crippen LogP contribution >= 0.6 is 0 Å². The highest BCUT2D eigenvalue weighted by atomic mass is 16.6. The highest BCUT2D eigenvalue weighted by Crippen LogP contribution is 2.27. The van der Waals surface area contributed by atoms with Gasteiger partial charge in [0.2, 0.25) is 0 Å². The molecule has 0 unspecified atom stereocenters. The van der Waals surface area contributed by atoms with E-state index >= 15 is 0 Å². The van der Waals surface area contributed by atoms with E-state index in [2.05, 4.69) is 0 Å². The van der Waals surface area contributed by atoms with Crippen molar-refractivity contribution in [3.05, 3.63) is 65.2 Å². The molecule has 6 nitrogen and oxygen atoms in total. The van der Waals surface area contributed by atoms with Gasteiger partial charge in [-0.2, -0.15) is 0 Å². The number of imide groups is 1. The number of esters is 1. The lowest BCUT2D eigenvalue weighted by Gasteiger charge is -2.27. The lowest BCUT2D eigenvalue weighted by atomic mass is 10.0. The molecule has 3 rings (SSSR count). The second-order valence-electron chi connectivity index (χ2n) is 7.04. The molecule has 0 fully saturated rings. The Morgan fingerprint density at radius 2 is 1.50 bits per heavy atom. The Hall–Kier alpha value is -3.15. The van der Waals surface area contributed by atoms with Crippen molar-refractivity contribution in [2.75, 3.05) is 13.2 Å². The average molecular weight is 381 g/mol. The maximum Gasteiger partial charge on any atom is 0.329 e. The summed E-state index contributed by atoms with van der Waals surface area (Å²) in [6.45, 7) is 5.74. The molecular formula is C22H23NO5. The van der Waals surface area contributed by atoms with Crippen LogP contribution in [0.25, 0.3) is 0 Å². The first-order chi connectivity index (χ1) is 13.4. The Labute approximate surface area is 164 Å². The van der Waals surface area contributed by atoms with Crippen LogP contribution in [0.3, 0.4) is 0 Å². The van der Waals surface area contributed by atoms with Gasteiger partial charge in [-0.15, -0.1) is 0 Å². The Bertz CT molecular complexity index is 853. The fourth-order valence-electron chi connectivity index (χ4n) is 3.16. The first-order valence-corrected chi connectivity index (χ1v) is 9.23. The minimum Gasteiger partial charge on any atom is -0.490 e. The zero-order valence-corrected chi connectivity index (χ0v) is 16.2. The number of hydrogen-bond acceptors (Lipinski definition) is 5. The highest BCUT2D eigenvalue weighted by molar-refractivity contribution is 6.22. The lowest BCUT2D eigenvalue weighted by Crippen LogP contribution is -2.48. The van der Waals surface area contributed by atoms with E-state index in [0.717, 1.165) is 10.5 Å². The predicted molar refractivity (Wildman–Crippen MR) is 103 cm³/mol. The van der Waals surface area contributed by atoms with Gasteiger partial charge in [-0.3, -0.25) is 14.5 Å². The number of fused-ring (bicyclic) bond motifs is 1. The van der Waals surface area contributed by atoms with E-state index in [9.17, 15) is 14.4 Å². The minimum atomic E-state index is -0.980. The van der Waals surface area contributed by atoms with Crippen molar-refractivity contribution in [2.45, 2.75) is 26.8 Å². The topological polar surface area (TPSA) is 72.9 Å². The summed E-state index contributed by atoms with van der Waals surface area (Å²) in [6, 6.07) is 13.1. The van der Waals surface area contributed by atoms with E-state index in [-0.39, 0.29) is 19.1 Å². The molecule has 1 aliphatic rings. The number of nitrogens with zero attached hydrogens (tertiary/aromatic N) is 1. The number of hydrogen-bond donors (Lipinski definition) is 0. The van der Waals surface area contributed by atoms with Gasteiger partial charge < -0.3 is 9.47 Å². The molecule has 0 spiro atoms. The van der Waals surface area contributed by atoms with Gasteiger partial charge in [0.05, 0.1) is 11.1 Å². The molecule has 0 bridgehead atoms. The van der Waals surface area contributed by atoms with Crippen LogP contribution in [0, 0.1) is 12.8 Å². The van der Waals surface area contributed by atoms with Crippen LogP contribution < -0.4 is 4.74 Å². The fraction of sp³-hybridized carbons (Fsp3) is 0.318. The fourth-order valence-corrected chi connectivity index (χ4v) is 3.16. The number of aryl methyl sites for hydroxylation is 1. The summed E-state index contributed by atoms with van der Waals surface area (Å²) in [4.78, 5) is 39.0. The van der Waals surface area contributed by atoms with Gasteiger partial charge in [0.1, 0.15) is 25.0 Å². The number of ether oxygens (including phenoxy) is 2. The summed E-state index contributed by atoms with van der Waals surface area (Å²) in [5.74, 6) is -1.15. The molecule has 0 N–H and O–H groups in total. The maximum absolute atomic E-state index is 12.7. The van der Waals surface area contributed by atoms with E-state index in [1.54, 1.807) is 38.1 Å². The van der Waals surface area contributed by atoms with Crippen molar-refractivity contribution in [2.24, 2.45) is 5.92 Å². The maximum atomic E-state index is 12.7. The van der Waals surface area contributed by atoms with Gasteiger partial charge >= 0.3 is 5.97 Å². The van der Waals surface area contributed by atoms with Gasteiger partial charge in [0.15, 0.2) is 0 Å². The third-order valence-electron chi connectivity index (χ3n) is 4.59. The van der Waals surface area contributed by atoms with Crippen LogP contribution in [0.1, 0.15) is 40.1 Å². The molecule has 2 amide bonds. The molecule has 146 valence electrons. The molecule has 0 aliphatic carbocycles. The predicted octanol–water partition coefficient (Wildman–Crippen LogP) is 3.24. The highest BCUT2D eigenvalue weighted by Gasteiger charge is 2.44. The van der Waals surface area contributed by atoms with Crippen molar-refractivity contribution in [3.8, 4) is 5.75 Å². The average Bonchev–Trinajstić information content (AvgIpc) is 2.92. The summed E-state index contributed by atoms with van der Waals surface area (Å²) in [5.41, 5.74) is 1.75. The van der Waals surface area contributed by atoms with Gasteiger partial charge in [-0.25, -0.2) is 4.79 Å². The van der Waals surface area contributed by atoms with Crippen LogP contribution in [-0.2, 0) is 9.53 Å². The van der Waals surface area contributed by atoms with E-state index in [1.165, 1.54) is 0 Å². The smallest absolute Gasteiger partial charge is 0.329 e. The molecule has 0 aromatic heterocycles. The summed E-state index contributed by atoms with van der Waals surface area (Å²) in [6.07, 6.45) is 0. The zero-order valence-electron chi connectivity index (χ0n) is 16.2. The second-order valence-corrected chi connectivity index (χ2v) is 7.04. The molecule has 28 heavy (non-hydrogen) atoms. The lowest BCUT2D eigenvalue weighted by molar-refractivity contribution is -0.150. The first kappa shape index (κ1) is 19.6. The van der Waals surface area contributed by atoms with Gasteiger partial charge in [0.25, 0.3) is 11.8 Å². The number of carbonyl (C=O) groups excluding carboxylic acids is 3. The van der Waals surface area contributed by atoms with E-state index in [4.69, 9.17) is 9.47 Å². The number of carbonyl (C=O) groups is 3. The number of benzene rings is 2. The molecule has 1 heterocycles. The van der Waals surface area contributed by atoms with Crippen molar-refractivity contribution >= 4 is 17.8 Å². The van der Waals surface area contributed by atoms with E-state index in [1.807, 2.05) is 31.2 Å². The van der Waals surface area contributed by atoms with Crippen LogP contribution in [0.15, 0.2) is 48.5 Å². The summed E-state index contributed by atoms with van der Waals surface area (Å²) < 4.78 is 10.9. The number of amides is 2. The van der Waals surface area contributed by atoms with Gasteiger partial charge in [-0.1, -0.05) is 43.7 Å². The molecule has 2 aromatic carbocycles. The third kappa shape index (κ3) is 3.91. The van der Waals surface area contributed by atoms with Gasteiger partial charge in [0, 0.05) is 0 Å². The molecule has 6 heteroatoms. The molecule has 0 radical (unpaired) electrons.